The summed E-state index contributed by atoms with van der Waals surface area (Å²) < 4.78 is 0. The number of rotatable bonds is 10. The standard InChI is InChI=1S/C29H52/c1-3-5-7-9-25-16-20-28(21-17-25)29-22-18-27(19-23-29)15-14-26-12-10-24(11-13-26)8-6-4-2/h14-15,24-29H,3-13,16-23H2,1-2H3/b15-14+. The van der Waals surface area contributed by atoms with Gasteiger partial charge in [-0.3, -0.25) is 0 Å². The van der Waals surface area contributed by atoms with E-state index in [-0.39, 0.29) is 0 Å². The molecule has 0 radical (unpaired) electrons. The molecular weight excluding hydrogens is 348 g/mol. The van der Waals surface area contributed by atoms with Crippen molar-refractivity contribution in [2.24, 2.45) is 35.5 Å². The lowest BCUT2D eigenvalue weighted by molar-refractivity contribution is 0.151. The van der Waals surface area contributed by atoms with E-state index in [1.165, 1.54) is 96.3 Å². The van der Waals surface area contributed by atoms with Gasteiger partial charge in [0.25, 0.3) is 0 Å². The lowest BCUT2D eigenvalue weighted by Gasteiger charge is -2.37. The first-order valence-corrected chi connectivity index (χ1v) is 14.0. The van der Waals surface area contributed by atoms with Gasteiger partial charge in [0.15, 0.2) is 0 Å². The van der Waals surface area contributed by atoms with Crippen LogP contribution in [0.3, 0.4) is 0 Å². The summed E-state index contributed by atoms with van der Waals surface area (Å²) >= 11 is 0. The highest BCUT2D eigenvalue weighted by molar-refractivity contribution is 4.97. The summed E-state index contributed by atoms with van der Waals surface area (Å²) in [6.45, 7) is 4.67. The molecule has 3 aliphatic carbocycles. The third-order valence-corrected chi connectivity index (χ3v) is 9.10. The van der Waals surface area contributed by atoms with Crippen LogP contribution >= 0.6 is 0 Å². The van der Waals surface area contributed by atoms with Crippen molar-refractivity contribution in [2.45, 2.75) is 136 Å². The fourth-order valence-corrected chi connectivity index (χ4v) is 6.92. The molecule has 0 unspecified atom stereocenters. The van der Waals surface area contributed by atoms with Gasteiger partial charge in [-0.2, -0.15) is 0 Å². The van der Waals surface area contributed by atoms with E-state index < -0.39 is 0 Å². The molecule has 0 bridgehead atoms. The Kier molecular flexibility index (Phi) is 10.7. The molecule has 0 saturated heterocycles. The van der Waals surface area contributed by atoms with Gasteiger partial charge in [0.2, 0.25) is 0 Å². The minimum Gasteiger partial charge on any atom is -0.0851 e. The van der Waals surface area contributed by atoms with Gasteiger partial charge in [0.05, 0.1) is 0 Å². The van der Waals surface area contributed by atoms with Crippen LogP contribution in [-0.2, 0) is 0 Å². The number of unbranched alkanes of at least 4 members (excludes halogenated alkanes) is 3. The van der Waals surface area contributed by atoms with E-state index in [4.69, 9.17) is 0 Å². The van der Waals surface area contributed by atoms with Crippen LogP contribution in [0.4, 0.5) is 0 Å². The van der Waals surface area contributed by atoms with Crippen molar-refractivity contribution in [2.75, 3.05) is 0 Å². The largest absolute Gasteiger partial charge is 0.0851 e. The summed E-state index contributed by atoms with van der Waals surface area (Å²) in [5, 5.41) is 0. The molecule has 3 rings (SSSR count). The summed E-state index contributed by atoms with van der Waals surface area (Å²) in [6.07, 6.45) is 33.7. The van der Waals surface area contributed by atoms with Crippen molar-refractivity contribution in [1.29, 1.82) is 0 Å². The fraction of sp³-hybridized carbons (Fsp3) is 0.931. The number of hydrogen-bond donors (Lipinski definition) is 0. The second kappa shape index (κ2) is 13.2. The molecule has 3 aliphatic rings. The Morgan fingerprint density at radius 1 is 0.483 bits per heavy atom. The Hall–Kier alpha value is -0.260. The molecule has 3 fully saturated rings. The summed E-state index contributed by atoms with van der Waals surface area (Å²) in [4.78, 5) is 0. The van der Waals surface area contributed by atoms with Crippen LogP contribution in [-0.4, -0.2) is 0 Å². The average Bonchev–Trinajstić information content (AvgIpc) is 2.78. The molecule has 0 N–H and O–H groups in total. The van der Waals surface area contributed by atoms with Gasteiger partial charge in [0, 0.05) is 0 Å². The van der Waals surface area contributed by atoms with Crippen molar-refractivity contribution >= 4 is 0 Å². The number of hydrogen-bond acceptors (Lipinski definition) is 0. The Balaban J connectivity index is 1.28. The smallest absolute Gasteiger partial charge is 0.0233 e. The van der Waals surface area contributed by atoms with E-state index in [0.717, 1.165) is 35.5 Å². The van der Waals surface area contributed by atoms with E-state index in [0.29, 0.717) is 0 Å². The maximum absolute atomic E-state index is 2.66. The molecule has 0 aromatic carbocycles. The Morgan fingerprint density at radius 3 is 1.41 bits per heavy atom. The van der Waals surface area contributed by atoms with Crippen molar-refractivity contribution in [3.8, 4) is 0 Å². The minimum atomic E-state index is 0.911. The highest BCUT2D eigenvalue weighted by Crippen LogP contribution is 2.43. The molecule has 0 amide bonds. The molecular formula is C29H52. The quantitative estimate of drug-likeness (QED) is 0.253. The molecule has 3 saturated carbocycles. The van der Waals surface area contributed by atoms with Crippen LogP contribution in [0.5, 0.6) is 0 Å². The Bertz CT molecular complexity index is 425. The van der Waals surface area contributed by atoms with Crippen LogP contribution in [0.2, 0.25) is 0 Å². The molecule has 0 spiro atoms. The monoisotopic (exact) mass is 400 g/mol. The first kappa shape index (κ1) is 23.4. The molecule has 29 heavy (non-hydrogen) atoms. The molecule has 0 heteroatoms. The van der Waals surface area contributed by atoms with Gasteiger partial charge < -0.3 is 0 Å². The van der Waals surface area contributed by atoms with Crippen LogP contribution < -0.4 is 0 Å². The molecule has 0 heterocycles. The Morgan fingerprint density at radius 2 is 0.897 bits per heavy atom. The zero-order valence-corrected chi connectivity index (χ0v) is 20.1. The van der Waals surface area contributed by atoms with Crippen LogP contribution in [0, 0.1) is 35.5 Å². The second-order valence-corrected chi connectivity index (χ2v) is 11.3. The summed E-state index contributed by atoms with van der Waals surface area (Å²) in [5.41, 5.74) is 0. The maximum atomic E-state index is 2.66. The third-order valence-electron chi connectivity index (χ3n) is 9.10. The van der Waals surface area contributed by atoms with Crippen molar-refractivity contribution in [1.82, 2.24) is 0 Å². The van der Waals surface area contributed by atoms with Crippen molar-refractivity contribution < 1.29 is 0 Å². The van der Waals surface area contributed by atoms with Crippen molar-refractivity contribution in [3.05, 3.63) is 12.2 Å². The zero-order valence-electron chi connectivity index (χ0n) is 20.1. The molecule has 0 aromatic rings. The lowest BCUT2D eigenvalue weighted by Crippen LogP contribution is -2.25. The van der Waals surface area contributed by atoms with E-state index in [1.54, 1.807) is 25.7 Å². The normalized spacial score (nSPS) is 36.5. The highest BCUT2D eigenvalue weighted by Gasteiger charge is 2.30. The van der Waals surface area contributed by atoms with E-state index in [9.17, 15) is 0 Å². The molecule has 0 aromatic heterocycles. The average molecular weight is 401 g/mol. The zero-order chi connectivity index (χ0) is 20.3. The van der Waals surface area contributed by atoms with E-state index in [2.05, 4.69) is 26.0 Å². The lowest BCUT2D eigenvalue weighted by atomic mass is 9.68. The summed E-state index contributed by atoms with van der Waals surface area (Å²) in [5.74, 6) is 6.11. The van der Waals surface area contributed by atoms with Crippen LogP contribution in [0.1, 0.15) is 136 Å². The first-order chi connectivity index (χ1) is 14.3. The Labute approximate surface area is 183 Å². The van der Waals surface area contributed by atoms with Gasteiger partial charge in [0.1, 0.15) is 0 Å². The van der Waals surface area contributed by atoms with E-state index >= 15 is 0 Å². The molecule has 0 aliphatic heterocycles. The molecule has 0 nitrogen and oxygen atoms in total. The number of allylic oxidation sites excluding steroid dienone is 2. The maximum Gasteiger partial charge on any atom is -0.0233 e. The molecule has 168 valence electrons. The van der Waals surface area contributed by atoms with Gasteiger partial charge in [-0.15, -0.1) is 0 Å². The van der Waals surface area contributed by atoms with Crippen LogP contribution in [0.15, 0.2) is 12.2 Å². The third kappa shape index (κ3) is 8.06. The van der Waals surface area contributed by atoms with Crippen molar-refractivity contribution in [3.63, 3.8) is 0 Å². The fourth-order valence-electron chi connectivity index (χ4n) is 6.92. The topological polar surface area (TPSA) is 0 Å². The second-order valence-electron chi connectivity index (χ2n) is 11.3. The summed E-state index contributed by atoms with van der Waals surface area (Å²) in [6, 6.07) is 0. The van der Waals surface area contributed by atoms with Gasteiger partial charge in [-0.1, -0.05) is 83.8 Å². The molecule has 0 atom stereocenters. The predicted molar refractivity (Wildman–Crippen MR) is 129 cm³/mol. The van der Waals surface area contributed by atoms with Gasteiger partial charge >= 0.3 is 0 Å². The van der Waals surface area contributed by atoms with E-state index in [1.807, 2.05) is 0 Å². The van der Waals surface area contributed by atoms with Gasteiger partial charge in [-0.05, 0) is 99.7 Å². The summed E-state index contributed by atoms with van der Waals surface area (Å²) in [7, 11) is 0. The first-order valence-electron chi connectivity index (χ1n) is 14.0. The highest BCUT2D eigenvalue weighted by atomic mass is 14.4. The predicted octanol–water partition coefficient (Wildman–Crippen LogP) is 9.73. The minimum absolute atomic E-state index is 0.911. The van der Waals surface area contributed by atoms with Gasteiger partial charge in [-0.25, -0.2) is 0 Å². The van der Waals surface area contributed by atoms with Crippen LogP contribution in [0.25, 0.3) is 0 Å². The SMILES string of the molecule is CCCCCC1CCC(C2CCC(/C=C/C3CCC(CCCC)CC3)CC2)CC1.